The molecule has 5 heteroatoms. The van der Waals surface area contributed by atoms with E-state index in [0.29, 0.717) is 0 Å². The summed E-state index contributed by atoms with van der Waals surface area (Å²) in [6.07, 6.45) is 11.0. The molecule has 0 saturated heterocycles. The predicted octanol–water partition coefficient (Wildman–Crippen LogP) is 13.0. The molecule has 46 heavy (non-hydrogen) atoms. The fraction of sp³-hybridized carbons (Fsp3) is 0.244. The molecule has 0 atom stereocenters. The molecule has 0 amide bonds. The second-order valence-electron chi connectivity index (χ2n) is 12.5. The van der Waals surface area contributed by atoms with Crippen LogP contribution in [0.25, 0.3) is 11.1 Å². The van der Waals surface area contributed by atoms with Gasteiger partial charge in [-0.25, -0.2) is 12.2 Å². The number of halogens is 4. The van der Waals surface area contributed by atoms with Crippen molar-refractivity contribution >= 4 is 60.9 Å². The summed E-state index contributed by atoms with van der Waals surface area (Å²) < 4.78 is 5.48. The number of allylic oxidation sites excluding steroid dienone is 4. The Morgan fingerprint density at radius 3 is 1.59 bits per heavy atom. The first kappa shape index (κ1) is 44.4. The minimum atomic E-state index is 0. The molecule has 2 aliphatic rings. The van der Waals surface area contributed by atoms with E-state index in [1.807, 2.05) is 60.7 Å². The van der Waals surface area contributed by atoms with E-state index in [4.69, 9.17) is 0 Å². The summed E-state index contributed by atoms with van der Waals surface area (Å²) in [6.45, 7) is 21.2. The molecule has 0 saturated carbocycles. The molecule has 0 bridgehead atoms. The molecule has 0 aromatic heterocycles. The maximum absolute atomic E-state index is 3.77. The van der Waals surface area contributed by atoms with E-state index >= 15 is 0 Å². The molecule has 0 nitrogen and oxygen atoms in total. The van der Waals surface area contributed by atoms with Crippen molar-refractivity contribution in [3.05, 3.63) is 165 Å². The Kier molecular flexibility index (Phi) is 20.6. The first-order chi connectivity index (χ1) is 20.8. The van der Waals surface area contributed by atoms with Crippen LogP contribution in [0.4, 0.5) is 0 Å². The summed E-state index contributed by atoms with van der Waals surface area (Å²) in [5.74, 6) is 0. The zero-order valence-corrected chi connectivity index (χ0v) is 35.1. The first-order valence-corrected chi connectivity index (χ1v) is 18.0. The number of fused-ring (bicyclic) bond motifs is 3. The van der Waals surface area contributed by atoms with Crippen molar-refractivity contribution in [2.75, 3.05) is 0 Å². The molecule has 6 rings (SSSR count). The van der Waals surface area contributed by atoms with Crippen LogP contribution < -0.4 is 0 Å². The number of hydrogen-bond donors (Lipinski definition) is 0. The van der Waals surface area contributed by atoms with Crippen molar-refractivity contribution in [1.29, 1.82) is 0 Å². The monoisotopic (exact) mass is 856 g/mol. The first-order valence-electron chi connectivity index (χ1n) is 14.7. The Hall–Kier alpha value is -1.61. The van der Waals surface area contributed by atoms with Crippen LogP contribution in [0, 0.1) is 26.0 Å². The van der Waals surface area contributed by atoms with E-state index in [9.17, 15) is 0 Å². The Morgan fingerprint density at radius 2 is 1.22 bits per heavy atom. The van der Waals surface area contributed by atoms with Crippen LogP contribution in [0.2, 0.25) is 0 Å². The van der Waals surface area contributed by atoms with Gasteiger partial charge in [0.1, 0.15) is 0 Å². The molecule has 0 aliphatic heterocycles. The minimum absolute atomic E-state index is 0. The van der Waals surface area contributed by atoms with Gasteiger partial charge in [0, 0.05) is 0 Å². The van der Waals surface area contributed by atoms with Crippen LogP contribution in [-0.2, 0) is 41.5 Å². The molecule has 0 heterocycles. The van der Waals surface area contributed by atoms with Crippen LogP contribution in [0.3, 0.4) is 0 Å². The van der Waals surface area contributed by atoms with E-state index in [2.05, 4.69) is 140 Å². The number of rotatable bonds is 0. The van der Waals surface area contributed by atoms with Crippen LogP contribution in [0.5, 0.6) is 0 Å². The van der Waals surface area contributed by atoms with Crippen LogP contribution in [0.1, 0.15) is 81.3 Å². The molecule has 0 fully saturated rings. The van der Waals surface area contributed by atoms with Crippen molar-refractivity contribution in [1.82, 2.24) is 0 Å². The Morgan fingerprint density at radius 1 is 0.717 bits per heavy atom. The molecular weight excluding hydrogens is 814 g/mol. The molecule has 4 aromatic carbocycles. The third-order valence-corrected chi connectivity index (χ3v) is 8.57. The van der Waals surface area contributed by atoms with Crippen molar-refractivity contribution < 1.29 is 24.2 Å². The second kappa shape index (κ2) is 21.4. The van der Waals surface area contributed by atoms with Gasteiger partial charge < -0.3 is 0 Å². The average Bonchev–Trinajstić information content (AvgIpc) is 3.69. The summed E-state index contributed by atoms with van der Waals surface area (Å²) >= 11 is 7.97. The molecule has 0 N–H and O–H groups in total. The van der Waals surface area contributed by atoms with Gasteiger partial charge in [0.25, 0.3) is 0 Å². The van der Waals surface area contributed by atoms with Crippen molar-refractivity contribution in [2.45, 2.75) is 65.2 Å². The van der Waals surface area contributed by atoms with Gasteiger partial charge in [-0.2, -0.15) is 72.5 Å². The van der Waals surface area contributed by atoms with Crippen LogP contribution >= 0.6 is 56.7 Å². The molecular formula is C41H46Br2Cl2Zr-4. The SMILES string of the molecule is CC(C)(C)c1c[c-]c2c(c1)-c1cc(C(C)(C)C)ccc1C2.Cl.Cl.[C-]1=CC=CC1.[CH2-]c1ccccc1Br.[CH2-]c1ccccc1Br.[CH2]=[Zr]. The van der Waals surface area contributed by atoms with Gasteiger partial charge in [-0.1, -0.05) is 97.4 Å². The van der Waals surface area contributed by atoms with Crippen LogP contribution in [0.15, 0.2) is 106 Å². The number of hydrogen-bond acceptors (Lipinski definition) is 0. The predicted molar refractivity (Wildman–Crippen MR) is 211 cm³/mol. The second-order valence-corrected chi connectivity index (χ2v) is 14.2. The zero-order valence-electron chi connectivity index (χ0n) is 27.8. The van der Waals surface area contributed by atoms with Gasteiger partial charge in [-0.05, 0) is 17.4 Å². The van der Waals surface area contributed by atoms with E-state index in [1.54, 1.807) is 0 Å². The van der Waals surface area contributed by atoms with E-state index < -0.39 is 0 Å². The van der Waals surface area contributed by atoms with Gasteiger partial charge in [0.05, 0.1) is 0 Å². The molecule has 0 unspecified atom stereocenters. The van der Waals surface area contributed by atoms with Gasteiger partial charge >= 0.3 is 28.4 Å². The molecule has 246 valence electrons. The quantitative estimate of drug-likeness (QED) is 0.136. The van der Waals surface area contributed by atoms with Gasteiger partial charge in [0.2, 0.25) is 0 Å². The normalized spacial score (nSPS) is 11.5. The topological polar surface area (TPSA) is 0 Å². The summed E-state index contributed by atoms with van der Waals surface area (Å²) in [5.41, 5.74) is 10.8. The Balaban J connectivity index is 0.000000669. The zero-order chi connectivity index (χ0) is 32.9. The van der Waals surface area contributed by atoms with Gasteiger partial charge in [-0.3, -0.25) is 6.08 Å². The van der Waals surface area contributed by atoms with E-state index in [-0.39, 0.29) is 35.6 Å². The summed E-state index contributed by atoms with van der Waals surface area (Å²) in [5, 5.41) is 0. The standard InChI is InChI=1S/C21H25.2C7H6Br.C5H5.CH2.2ClH.Zr/c1-20(2,3)16-9-7-14-11-15-8-10-17(21(4,5)6)13-19(15)18(14)12-16;2*1-6-4-2-3-5-7(6)8;1-2-4-5-3-1;;;;/h7,9-10,12-13H,11H2,1-6H3;2*2-5H,1H2;1-3H,4H2;1H2;2*1H;/q4*-1;;;;. The van der Waals surface area contributed by atoms with Crippen molar-refractivity contribution in [3.8, 4) is 11.1 Å². The van der Waals surface area contributed by atoms with E-state index in [0.717, 1.165) is 32.9 Å². The maximum atomic E-state index is 3.77. The number of benzene rings is 4. The Labute approximate surface area is 324 Å². The fourth-order valence-corrected chi connectivity index (χ4v) is 4.89. The molecule has 0 spiro atoms. The summed E-state index contributed by atoms with van der Waals surface area (Å²) in [6, 6.07) is 30.8. The van der Waals surface area contributed by atoms with Crippen molar-refractivity contribution in [2.24, 2.45) is 0 Å². The third-order valence-electron chi connectivity index (χ3n) is 7.03. The molecule has 4 aromatic rings. The van der Waals surface area contributed by atoms with Crippen LogP contribution in [-0.4, -0.2) is 4.21 Å². The molecule has 2 aliphatic carbocycles. The summed E-state index contributed by atoms with van der Waals surface area (Å²) in [4.78, 5) is 0. The van der Waals surface area contributed by atoms with E-state index in [1.165, 1.54) is 57.6 Å². The molecule has 0 radical (unpaired) electrons. The third kappa shape index (κ3) is 14.3. The van der Waals surface area contributed by atoms with Gasteiger partial charge in [-0.15, -0.1) is 92.9 Å². The van der Waals surface area contributed by atoms with Gasteiger partial charge in [0.15, 0.2) is 0 Å². The Bertz CT molecular complexity index is 1400. The van der Waals surface area contributed by atoms with Crippen molar-refractivity contribution in [3.63, 3.8) is 0 Å². The summed E-state index contributed by atoms with van der Waals surface area (Å²) in [7, 11) is 0. The average molecular weight is 861 g/mol. The fourth-order valence-electron chi connectivity index (χ4n) is 4.32.